The van der Waals surface area contributed by atoms with E-state index in [1.54, 1.807) is 42.7 Å². The third-order valence-electron chi connectivity index (χ3n) is 3.76. The topological polar surface area (TPSA) is 76.9 Å². The monoisotopic (exact) mass is 352 g/mol. The zero-order chi connectivity index (χ0) is 18.4. The second-order valence-corrected chi connectivity index (χ2v) is 5.65. The second kappa shape index (κ2) is 8.15. The Bertz CT molecular complexity index is 957. The zero-order valence-electron chi connectivity index (χ0n) is 13.9. The Kier molecular flexibility index (Phi) is 5.48. The summed E-state index contributed by atoms with van der Waals surface area (Å²) in [6, 6.07) is 12.7. The predicted octanol–water partition coefficient (Wildman–Crippen LogP) is 2.86. The van der Waals surface area contributed by atoms with Crippen LogP contribution in [0.15, 0.2) is 65.7 Å². The van der Waals surface area contributed by atoms with Crippen molar-refractivity contribution in [3.05, 3.63) is 77.1 Å². The van der Waals surface area contributed by atoms with Gasteiger partial charge in [-0.15, -0.1) is 0 Å². The molecule has 26 heavy (non-hydrogen) atoms. The minimum absolute atomic E-state index is 0.146. The number of aryl methyl sites for hydroxylation is 1. The van der Waals surface area contributed by atoms with Gasteiger partial charge in [-0.1, -0.05) is 12.1 Å². The van der Waals surface area contributed by atoms with Gasteiger partial charge in [-0.2, -0.15) is 5.10 Å². The molecule has 132 valence electrons. The van der Waals surface area contributed by atoms with Gasteiger partial charge in [0.2, 0.25) is 5.91 Å². The number of hydrogen-bond acceptors (Lipinski definition) is 4. The molecule has 0 atom stereocenters. The molecule has 0 fully saturated rings. The Morgan fingerprint density at radius 3 is 2.62 bits per heavy atom. The van der Waals surface area contributed by atoms with Crippen molar-refractivity contribution in [1.82, 2.24) is 14.8 Å². The molecule has 2 heterocycles. The Balaban J connectivity index is 1.60. The maximum Gasteiger partial charge on any atom is 0.266 e. The lowest BCUT2D eigenvalue weighted by Crippen LogP contribution is -2.23. The van der Waals surface area contributed by atoms with Gasteiger partial charge in [-0.3, -0.25) is 14.6 Å². The largest absolute Gasteiger partial charge is 0.324 e. The molecule has 0 spiro atoms. The summed E-state index contributed by atoms with van der Waals surface area (Å²) < 4.78 is 14.8. The minimum Gasteiger partial charge on any atom is -0.324 e. The molecule has 0 unspecified atom stereocenters. The van der Waals surface area contributed by atoms with Crippen LogP contribution >= 0.6 is 0 Å². The van der Waals surface area contributed by atoms with Gasteiger partial charge in [0.25, 0.3) is 5.56 Å². The summed E-state index contributed by atoms with van der Waals surface area (Å²) in [6.07, 6.45) is 3.87. The first-order valence-electron chi connectivity index (χ1n) is 8.16. The molecule has 7 heteroatoms. The van der Waals surface area contributed by atoms with E-state index in [0.29, 0.717) is 18.7 Å². The van der Waals surface area contributed by atoms with Crippen LogP contribution in [-0.2, 0) is 11.3 Å². The van der Waals surface area contributed by atoms with Crippen molar-refractivity contribution < 1.29 is 9.18 Å². The van der Waals surface area contributed by atoms with E-state index in [1.165, 1.54) is 22.9 Å². The number of amides is 1. The molecule has 0 bridgehead atoms. The average molecular weight is 352 g/mol. The fourth-order valence-electron chi connectivity index (χ4n) is 2.45. The number of halogens is 1. The maximum absolute atomic E-state index is 13.5. The normalized spacial score (nSPS) is 10.5. The van der Waals surface area contributed by atoms with Gasteiger partial charge < -0.3 is 5.32 Å². The van der Waals surface area contributed by atoms with Crippen LogP contribution in [-0.4, -0.2) is 20.7 Å². The molecule has 0 saturated heterocycles. The zero-order valence-corrected chi connectivity index (χ0v) is 13.9. The van der Waals surface area contributed by atoms with Crippen LogP contribution in [0, 0.1) is 5.82 Å². The van der Waals surface area contributed by atoms with Crippen molar-refractivity contribution in [2.24, 2.45) is 0 Å². The number of carbonyl (C=O) groups is 1. The number of aromatic nitrogens is 3. The number of nitrogens with zero attached hydrogens (tertiary/aromatic N) is 3. The van der Waals surface area contributed by atoms with E-state index in [1.807, 2.05) is 0 Å². The number of rotatable bonds is 6. The molecular formula is C19H17FN4O2. The molecule has 6 nitrogen and oxygen atoms in total. The highest BCUT2D eigenvalue weighted by Gasteiger charge is 2.08. The number of para-hydroxylation sites is 1. The SMILES string of the molecule is O=C(CCCn1nc(-c2ccncc2)ccc1=O)Nc1ccccc1F. The van der Waals surface area contributed by atoms with Crippen molar-refractivity contribution in [1.29, 1.82) is 0 Å². The highest BCUT2D eigenvalue weighted by atomic mass is 19.1. The third-order valence-corrected chi connectivity index (χ3v) is 3.76. The molecule has 1 amide bonds. The molecule has 2 aromatic heterocycles. The molecule has 1 N–H and O–H groups in total. The number of benzene rings is 1. The van der Waals surface area contributed by atoms with Crippen molar-refractivity contribution >= 4 is 11.6 Å². The molecule has 0 radical (unpaired) electrons. The fraction of sp³-hybridized carbons (Fsp3) is 0.158. The molecule has 3 aromatic rings. The number of pyridine rings is 1. The first-order valence-corrected chi connectivity index (χ1v) is 8.16. The first kappa shape index (κ1) is 17.5. The van der Waals surface area contributed by atoms with Crippen LogP contribution in [0.25, 0.3) is 11.3 Å². The average Bonchev–Trinajstić information content (AvgIpc) is 2.66. The van der Waals surface area contributed by atoms with Crippen LogP contribution < -0.4 is 10.9 Å². The summed E-state index contributed by atoms with van der Waals surface area (Å²) >= 11 is 0. The number of carbonyl (C=O) groups excluding carboxylic acids is 1. The maximum atomic E-state index is 13.5. The van der Waals surface area contributed by atoms with Crippen molar-refractivity contribution in [3.63, 3.8) is 0 Å². The minimum atomic E-state index is -0.483. The van der Waals surface area contributed by atoms with Crippen molar-refractivity contribution in [2.45, 2.75) is 19.4 Å². The lowest BCUT2D eigenvalue weighted by atomic mass is 10.2. The van der Waals surface area contributed by atoms with Crippen molar-refractivity contribution in [3.8, 4) is 11.3 Å². The lowest BCUT2D eigenvalue weighted by Gasteiger charge is -2.08. The predicted molar refractivity (Wildman–Crippen MR) is 96.0 cm³/mol. The van der Waals surface area contributed by atoms with Gasteiger partial charge in [0, 0.05) is 37.0 Å². The summed E-state index contributed by atoms with van der Waals surface area (Å²) in [5, 5.41) is 6.84. The standard InChI is InChI=1S/C19H17FN4O2/c20-15-4-1-2-5-17(15)22-18(25)6-3-13-24-19(26)8-7-16(23-24)14-9-11-21-12-10-14/h1-2,4-5,7-12H,3,6,13H2,(H,22,25). The van der Waals surface area contributed by atoms with Crippen LogP contribution in [0.4, 0.5) is 10.1 Å². The van der Waals surface area contributed by atoms with Crippen LogP contribution in [0.3, 0.4) is 0 Å². The molecular weight excluding hydrogens is 335 g/mol. The fourth-order valence-corrected chi connectivity index (χ4v) is 2.45. The molecule has 0 aliphatic rings. The molecule has 1 aromatic carbocycles. The van der Waals surface area contributed by atoms with Gasteiger partial charge >= 0.3 is 0 Å². The summed E-state index contributed by atoms with van der Waals surface area (Å²) in [7, 11) is 0. The Hall–Kier alpha value is -3.35. The molecule has 0 aliphatic carbocycles. The first-order chi connectivity index (χ1) is 12.6. The molecule has 0 saturated carbocycles. The van der Waals surface area contributed by atoms with E-state index >= 15 is 0 Å². The molecule has 3 rings (SSSR count). The Morgan fingerprint density at radius 2 is 1.85 bits per heavy atom. The number of hydrogen-bond donors (Lipinski definition) is 1. The number of anilines is 1. The summed E-state index contributed by atoms with van der Waals surface area (Å²) in [5.41, 5.74) is 1.42. The smallest absolute Gasteiger partial charge is 0.266 e. The van der Waals surface area contributed by atoms with E-state index in [2.05, 4.69) is 15.4 Å². The number of nitrogens with one attached hydrogen (secondary N) is 1. The summed E-state index contributed by atoms with van der Waals surface area (Å²) in [5.74, 6) is -0.794. The van der Waals surface area contributed by atoms with Crippen LogP contribution in [0.5, 0.6) is 0 Å². The van der Waals surface area contributed by atoms with Gasteiger partial charge in [-0.05, 0) is 36.8 Å². The molecule has 0 aliphatic heterocycles. The van der Waals surface area contributed by atoms with Crippen LogP contribution in [0.1, 0.15) is 12.8 Å². The lowest BCUT2D eigenvalue weighted by molar-refractivity contribution is -0.116. The van der Waals surface area contributed by atoms with E-state index in [0.717, 1.165) is 5.56 Å². The van der Waals surface area contributed by atoms with Crippen molar-refractivity contribution in [2.75, 3.05) is 5.32 Å². The summed E-state index contributed by atoms with van der Waals surface area (Å²) in [4.78, 5) is 27.8. The van der Waals surface area contributed by atoms with Gasteiger partial charge in [-0.25, -0.2) is 9.07 Å². The third kappa shape index (κ3) is 4.38. The van der Waals surface area contributed by atoms with Crippen LogP contribution in [0.2, 0.25) is 0 Å². The quantitative estimate of drug-likeness (QED) is 0.740. The van der Waals surface area contributed by atoms with E-state index in [4.69, 9.17) is 0 Å². The van der Waals surface area contributed by atoms with E-state index in [9.17, 15) is 14.0 Å². The van der Waals surface area contributed by atoms with E-state index < -0.39 is 5.82 Å². The Labute approximate surface area is 149 Å². The Morgan fingerprint density at radius 1 is 1.08 bits per heavy atom. The van der Waals surface area contributed by atoms with Gasteiger partial charge in [0.15, 0.2) is 0 Å². The van der Waals surface area contributed by atoms with Gasteiger partial charge in [0.05, 0.1) is 11.4 Å². The summed E-state index contributed by atoms with van der Waals surface area (Å²) in [6.45, 7) is 0.294. The second-order valence-electron chi connectivity index (χ2n) is 5.65. The highest BCUT2D eigenvalue weighted by molar-refractivity contribution is 5.90. The highest BCUT2D eigenvalue weighted by Crippen LogP contribution is 2.14. The van der Waals surface area contributed by atoms with E-state index in [-0.39, 0.29) is 23.6 Å². The van der Waals surface area contributed by atoms with Gasteiger partial charge in [0.1, 0.15) is 5.82 Å².